The zero-order valence-corrected chi connectivity index (χ0v) is 11.5. The first-order valence-corrected chi connectivity index (χ1v) is 7.08. The summed E-state index contributed by atoms with van der Waals surface area (Å²) in [5, 5.41) is 13.2. The van der Waals surface area contributed by atoms with Crippen LogP contribution in [-0.4, -0.2) is 6.54 Å². The van der Waals surface area contributed by atoms with E-state index < -0.39 is 0 Å². The summed E-state index contributed by atoms with van der Waals surface area (Å²) < 4.78 is 0. The van der Waals surface area contributed by atoms with E-state index in [1.807, 2.05) is 24.3 Å². The van der Waals surface area contributed by atoms with Crippen molar-refractivity contribution in [1.29, 1.82) is 5.26 Å². The lowest BCUT2D eigenvalue weighted by Crippen LogP contribution is -2.29. The molecular weight excluding hydrogens is 244 g/mol. The molecule has 0 aromatic heterocycles. The molecule has 0 saturated carbocycles. The van der Waals surface area contributed by atoms with Crippen LogP contribution in [-0.2, 0) is 12.8 Å². The third kappa shape index (κ3) is 2.53. The maximum Gasteiger partial charge on any atom is 0.0789 e. The van der Waals surface area contributed by atoms with Crippen molar-refractivity contribution in [2.24, 2.45) is 5.41 Å². The van der Waals surface area contributed by atoms with Crippen molar-refractivity contribution in [3.63, 3.8) is 0 Å². The molecule has 3 rings (SSSR count). The Kier molecular flexibility index (Phi) is 3.43. The summed E-state index contributed by atoms with van der Waals surface area (Å²) in [5.41, 5.74) is 3.41. The molecule has 0 saturated heterocycles. The summed E-state index contributed by atoms with van der Waals surface area (Å²) in [7, 11) is 0. The van der Waals surface area contributed by atoms with Crippen LogP contribution in [0.1, 0.15) is 17.5 Å². The van der Waals surface area contributed by atoms with Crippen molar-refractivity contribution in [3.8, 4) is 6.07 Å². The molecule has 0 bridgehead atoms. The molecule has 0 fully saturated rings. The van der Waals surface area contributed by atoms with E-state index in [9.17, 15) is 5.26 Å². The van der Waals surface area contributed by atoms with Crippen LogP contribution in [0.25, 0.3) is 0 Å². The molecule has 2 aromatic carbocycles. The highest BCUT2D eigenvalue weighted by Crippen LogP contribution is 2.33. The van der Waals surface area contributed by atoms with Gasteiger partial charge in [0.25, 0.3) is 0 Å². The molecule has 100 valence electrons. The Bertz CT molecular complexity index is 598. The van der Waals surface area contributed by atoms with Gasteiger partial charge in [-0.05, 0) is 36.5 Å². The zero-order valence-electron chi connectivity index (χ0n) is 11.5. The standard InChI is InChI=1S/C18H18N2/c19-13-18(12-15-6-2-1-3-7-15)11-10-16-8-4-5-9-17(16)20-14-18/h1-9,20H,10-12,14H2/t18-/m0/s1. The number of nitrogens with zero attached hydrogens (tertiary/aromatic N) is 1. The van der Waals surface area contributed by atoms with Gasteiger partial charge < -0.3 is 5.32 Å². The Balaban J connectivity index is 1.84. The Labute approximate surface area is 120 Å². The van der Waals surface area contributed by atoms with E-state index in [1.54, 1.807) is 0 Å². The molecule has 1 N–H and O–H groups in total. The molecule has 1 heterocycles. The van der Waals surface area contributed by atoms with Crippen molar-refractivity contribution in [2.45, 2.75) is 19.3 Å². The summed E-state index contributed by atoms with van der Waals surface area (Å²) in [5.74, 6) is 0. The van der Waals surface area contributed by atoms with Crippen LogP contribution in [0.3, 0.4) is 0 Å². The number of aryl methyl sites for hydroxylation is 1. The molecule has 0 radical (unpaired) electrons. The Morgan fingerprint density at radius 1 is 1.05 bits per heavy atom. The van der Waals surface area contributed by atoms with Crippen LogP contribution in [0.5, 0.6) is 0 Å². The minimum Gasteiger partial charge on any atom is -0.383 e. The van der Waals surface area contributed by atoms with Crippen molar-refractivity contribution in [3.05, 3.63) is 65.7 Å². The third-order valence-electron chi connectivity index (χ3n) is 4.13. The maximum atomic E-state index is 9.72. The van der Waals surface area contributed by atoms with Crippen molar-refractivity contribution in [1.82, 2.24) is 0 Å². The number of benzene rings is 2. The average molecular weight is 262 g/mol. The van der Waals surface area contributed by atoms with E-state index in [0.29, 0.717) is 0 Å². The molecular formula is C18H18N2. The first-order valence-electron chi connectivity index (χ1n) is 7.08. The van der Waals surface area contributed by atoms with Crippen LogP contribution in [0.4, 0.5) is 5.69 Å². The van der Waals surface area contributed by atoms with E-state index in [2.05, 4.69) is 41.7 Å². The molecule has 1 atom stereocenters. The number of anilines is 1. The molecule has 20 heavy (non-hydrogen) atoms. The minimum absolute atomic E-state index is 0.319. The second-order valence-corrected chi connectivity index (χ2v) is 5.57. The number of para-hydroxylation sites is 1. The van der Waals surface area contributed by atoms with Crippen LogP contribution < -0.4 is 5.32 Å². The largest absolute Gasteiger partial charge is 0.383 e. The highest BCUT2D eigenvalue weighted by atomic mass is 14.9. The van der Waals surface area contributed by atoms with E-state index in [4.69, 9.17) is 0 Å². The molecule has 2 nitrogen and oxygen atoms in total. The van der Waals surface area contributed by atoms with Crippen LogP contribution in [0.15, 0.2) is 54.6 Å². The number of rotatable bonds is 2. The fourth-order valence-electron chi connectivity index (χ4n) is 2.91. The number of nitriles is 1. The van der Waals surface area contributed by atoms with Gasteiger partial charge in [0, 0.05) is 12.2 Å². The molecule has 0 unspecified atom stereocenters. The van der Waals surface area contributed by atoms with Crippen molar-refractivity contribution >= 4 is 5.69 Å². The van der Waals surface area contributed by atoms with Gasteiger partial charge in [0.1, 0.15) is 0 Å². The Morgan fingerprint density at radius 2 is 1.80 bits per heavy atom. The summed E-state index contributed by atoms with van der Waals surface area (Å²) >= 11 is 0. The van der Waals surface area contributed by atoms with Gasteiger partial charge in [-0.25, -0.2) is 0 Å². The summed E-state index contributed by atoms with van der Waals surface area (Å²) in [6, 6.07) is 21.3. The second-order valence-electron chi connectivity index (χ2n) is 5.57. The quantitative estimate of drug-likeness (QED) is 0.893. The SMILES string of the molecule is N#C[C@@]1(Cc2ccccc2)CCc2ccccc2NC1. The van der Waals surface area contributed by atoms with Crippen LogP contribution in [0, 0.1) is 16.7 Å². The maximum absolute atomic E-state index is 9.72. The van der Waals surface area contributed by atoms with Gasteiger partial charge in [0.05, 0.1) is 11.5 Å². The first kappa shape index (κ1) is 12.7. The fraction of sp³-hybridized carbons (Fsp3) is 0.278. The lowest BCUT2D eigenvalue weighted by Gasteiger charge is -2.25. The number of fused-ring (bicyclic) bond motifs is 1. The molecule has 1 aliphatic rings. The van der Waals surface area contributed by atoms with Gasteiger partial charge in [0.2, 0.25) is 0 Å². The number of hydrogen-bond acceptors (Lipinski definition) is 2. The van der Waals surface area contributed by atoms with Gasteiger partial charge in [-0.15, -0.1) is 0 Å². The fourth-order valence-corrected chi connectivity index (χ4v) is 2.91. The Morgan fingerprint density at radius 3 is 2.60 bits per heavy atom. The monoisotopic (exact) mass is 262 g/mol. The van der Waals surface area contributed by atoms with Crippen LogP contribution in [0.2, 0.25) is 0 Å². The van der Waals surface area contributed by atoms with E-state index >= 15 is 0 Å². The van der Waals surface area contributed by atoms with Crippen molar-refractivity contribution in [2.75, 3.05) is 11.9 Å². The predicted octanol–water partition coefficient (Wildman–Crippen LogP) is 3.80. The lowest BCUT2D eigenvalue weighted by atomic mass is 9.79. The van der Waals surface area contributed by atoms with Gasteiger partial charge >= 0.3 is 0 Å². The van der Waals surface area contributed by atoms with Crippen molar-refractivity contribution < 1.29 is 0 Å². The molecule has 0 aliphatic carbocycles. The lowest BCUT2D eigenvalue weighted by molar-refractivity contribution is 0.390. The van der Waals surface area contributed by atoms with E-state index in [1.165, 1.54) is 16.8 Å². The molecule has 0 amide bonds. The minimum atomic E-state index is -0.319. The van der Waals surface area contributed by atoms with Gasteiger partial charge in [-0.1, -0.05) is 48.5 Å². The molecule has 2 aromatic rings. The summed E-state index contributed by atoms with van der Waals surface area (Å²) in [6.07, 6.45) is 2.68. The Hall–Kier alpha value is -2.27. The summed E-state index contributed by atoms with van der Waals surface area (Å²) in [6.45, 7) is 0.718. The number of nitrogens with one attached hydrogen (secondary N) is 1. The second kappa shape index (κ2) is 5.38. The average Bonchev–Trinajstić information content (AvgIpc) is 2.69. The molecule has 1 aliphatic heterocycles. The summed E-state index contributed by atoms with van der Waals surface area (Å²) in [4.78, 5) is 0. The normalized spacial score (nSPS) is 21.1. The topological polar surface area (TPSA) is 35.8 Å². The predicted molar refractivity (Wildman–Crippen MR) is 81.4 cm³/mol. The van der Waals surface area contributed by atoms with Crippen LogP contribution >= 0.6 is 0 Å². The smallest absolute Gasteiger partial charge is 0.0789 e. The first-order chi connectivity index (χ1) is 9.81. The third-order valence-corrected chi connectivity index (χ3v) is 4.13. The number of hydrogen-bond donors (Lipinski definition) is 1. The highest BCUT2D eigenvalue weighted by Gasteiger charge is 2.32. The zero-order chi connectivity index (χ0) is 13.8. The highest BCUT2D eigenvalue weighted by molar-refractivity contribution is 5.52. The van der Waals surface area contributed by atoms with Gasteiger partial charge in [0.15, 0.2) is 0 Å². The van der Waals surface area contributed by atoms with Gasteiger partial charge in [-0.3, -0.25) is 0 Å². The van der Waals surface area contributed by atoms with E-state index in [-0.39, 0.29) is 5.41 Å². The van der Waals surface area contributed by atoms with Gasteiger partial charge in [-0.2, -0.15) is 5.26 Å². The molecule has 0 spiro atoms. The molecule has 2 heteroatoms. The van der Waals surface area contributed by atoms with E-state index in [0.717, 1.165) is 25.8 Å².